The first kappa shape index (κ1) is 17.5. The summed E-state index contributed by atoms with van der Waals surface area (Å²) >= 11 is 0. The molecule has 0 amide bonds. The minimum Gasteiger partial charge on any atom is -0.508 e. The van der Waals surface area contributed by atoms with Gasteiger partial charge in [0, 0.05) is 12.3 Å². The average molecular weight is 388 g/mol. The van der Waals surface area contributed by atoms with Crippen LogP contribution in [0.3, 0.4) is 0 Å². The van der Waals surface area contributed by atoms with Crippen molar-refractivity contribution in [2.45, 2.75) is 25.7 Å². The molecule has 1 aliphatic carbocycles. The molecule has 0 saturated carbocycles. The Kier molecular flexibility index (Phi) is 3.91. The third kappa shape index (κ3) is 2.77. The SMILES string of the molecule is Cc1nn2c3c(nnc2c1-c1ccc(F)cc1)C(=O)CC(c1ccccc1O)C3. The Balaban J connectivity index is 1.67. The summed E-state index contributed by atoms with van der Waals surface area (Å²) in [5.74, 6) is -0.425. The van der Waals surface area contributed by atoms with Crippen molar-refractivity contribution < 1.29 is 14.3 Å². The highest BCUT2D eigenvalue weighted by Gasteiger charge is 2.32. The van der Waals surface area contributed by atoms with Crippen LogP contribution in [-0.2, 0) is 6.42 Å². The molecular formula is C22H17FN4O2. The minimum absolute atomic E-state index is 0.120. The number of aromatic nitrogens is 4. The molecular weight excluding hydrogens is 371 g/mol. The van der Waals surface area contributed by atoms with Crippen LogP contribution >= 0.6 is 0 Å². The van der Waals surface area contributed by atoms with Crippen molar-refractivity contribution in [2.24, 2.45) is 0 Å². The molecule has 0 spiro atoms. The van der Waals surface area contributed by atoms with Gasteiger partial charge in [-0.15, -0.1) is 10.2 Å². The Bertz CT molecular complexity index is 1260. The summed E-state index contributed by atoms with van der Waals surface area (Å²) in [5, 5.41) is 23.3. The molecule has 0 aliphatic heterocycles. The van der Waals surface area contributed by atoms with Crippen molar-refractivity contribution in [3.05, 3.63) is 77.0 Å². The molecule has 2 aromatic heterocycles. The average Bonchev–Trinajstić information content (AvgIpc) is 3.05. The number of carbonyl (C=O) groups excluding carboxylic acids is 1. The maximum atomic E-state index is 13.3. The number of nitrogens with zero attached hydrogens (tertiary/aromatic N) is 4. The first-order valence-corrected chi connectivity index (χ1v) is 9.35. The van der Waals surface area contributed by atoms with Crippen molar-refractivity contribution in [2.75, 3.05) is 0 Å². The second-order valence-corrected chi connectivity index (χ2v) is 7.29. The molecule has 2 heterocycles. The van der Waals surface area contributed by atoms with Gasteiger partial charge in [0.2, 0.25) is 0 Å². The van der Waals surface area contributed by atoms with E-state index in [1.54, 1.807) is 28.8 Å². The smallest absolute Gasteiger partial charge is 0.185 e. The van der Waals surface area contributed by atoms with Crippen molar-refractivity contribution in [1.82, 2.24) is 19.8 Å². The summed E-state index contributed by atoms with van der Waals surface area (Å²) in [6.45, 7) is 1.85. The van der Waals surface area contributed by atoms with Gasteiger partial charge >= 0.3 is 0 Å². The number of aryl methyl sites for hydroxylation is 1. The van der Waals surface area contributed by atoms with Gasteiger partial charge < -0.3 is 5.11 Å². The number of benzene rings is 2. The number of phenolic OH excluding ortho intramolecular Hbond substituents is 1. The van der Waals surface area contributed by atoms with E-state index in [-0.39, 0.29) is 29.7 Å². The van der Waals surface area contributed by atoms with Gasteiger partial charge in [0.25, 0.3) is 0 Å². The summed E-state index contributed by atoms with van der Waals surface area (Å²) < 4.78 is 15.0. The zero-order valence-corrected chi connectivity index (χ0v) is 15.6. The molecule has 1 atom stereocenters. The van der Waals surface area contributed by atoms with Gasteiger partial charge in [-0.05, 0) is 42.7 Å². The number of ketones is 1. The van der Waals surface area contributed by atoms with Crippen LogP contribution in [-0.4, -0.2) is 30.7 Å². The van der Waals surface area contributed by atoms with Gasteiger partial charge in [-0.25, -0.2) is 8.91 Å². The van der Waals surface area contributed by atoms with E-state index in [1.807, 2.05) is 19.1 Å². The summed E-state index contributed by atoms with van der Waals surface area (Å²) in [4.78, 5) is 12.8. The first-order chi connectivity index (χ1) is 14.0. The number of rotatable bonds is 2. The minimum atomic E-state index is -0.317. The fourth-order valence-corrected chi connectivity index (χ4v) is 4.08. The Labute approximate surface area is 165 Å². The lowest BCUT2D eigenvalue weighted by atomic mass is 9.83. The molecule has 0 saturated heterocycles. The summed E-state index contributed by atoms with van der Waals surface area (Å²) in [6, 6.07) is 13.2. The quantitative estimate of drug-likeness (QED) is 0.564. The maximum absolute atomic E-state index is 13.3. The second-order valence-electron chi connectivity index (χ2n) is 7.29. The predicted molar refractivity (Wildman–Crippen MR) is 104 cm³/mol. The molecule has 1 aliphatic rings. The molecule has 2 aromatic carbocycles. The monoisotopic (exact) mass is 388 g/mol. The predicted octanol–water partition coefficient (Wildman–Crippen LogP) is 3.86. The van der Waals surface area contributed by atoms with Crippen LogP contribution < -0.4 is 0 Å². The van der Waals surface area contributed by atoms with E-state index >= 15 is 0 Å². The highest BCUT2D eigenvalue weighted by Crippen LogP contribution is 2.37. The van der Waals surface area contributed by atoms with Crippen molar-refractivity contribution in [1.29, 1.82) is 0 Å². The maximum Gasteiger partial charge on any atom is 0.185 e. The standard InChI is InChI=1S/C22H17FN4O2/c1-12-20(13-6-8-15(23)9-7-13)22-25-24-21-17(27(22)26-12)10-14(11-19(21)29)16-4-2-3-5-18(16)28/h2-9,14,28H,10-11H2,1H3. The Morgan fingerprint density at radius 3 is 2.59 bits per heavy atom. The Morgan fingerprint density at radius 2 is 1.83 bits per heavy atom. The zero-order chi connectivity index (χ0) is 20.1. The topological polar surface area (TPSA) is 80.4 Å². The Morgan fingerprint density at radius 1 is 1.07 bits per heavy atom. The molecule has 4 aromatic rings. The molecule has 0 bridgehead atoms. The van der Waals surface area contributed by atoms with Gasteiger partial charge in [0.15, 0.2) is 17.1 Å². The van der Waals surface area contributed by atoms with E-state index in [0.717, 1.165) is 22.4 Å². The fourth-order valence-electron chi connectivity index (χ4n) is 4.08. The highest BCUT2D eigenvalue weighted by atomic mass is 19.1. The van der Waals surface area contributed by atoms with Gasteiger partial charge in [-0.1, -0.05) is 30.3 Å². The lowest BCUT2D eigenvalue weighted by molar-refractivity contribution is 0.0955. The van der Waals surface area contributed by atoms with Crippen molar-refractivity contribution in [3.8, 4) is 16.9 Å². The molecule has 0 fully saturated rings. The van der Waals surface area contributed by atoms with E-state index in [0.29, 0.717) is 23.5 Å². The second kappa shape index (κ2) is 6.48. The van der Waals surface area contributed by atoms with Crippen molar-refractivity contribution in [3.63, 3.8) is 0 Å². The number of halogens is 1. The van der Waals surface area contributed by atoms with Crippen molar-refractivity contribution >= 4 is 11.4 Å². The fraction of sp³-hybridized carbons (Fsp3) is 0.182. The third-order valence-corrected chi connectivity index (χ3v) is 5.45. The largest absolute Gasteiger partial charge is 0.508 e. The van der Waals surface area contributed by atoms with Crippen LogP contribution in [0.1, 0.15) is 39.8 Å². The number of aromatic hydroxyl groups is 1. The van der Waals surface area contributed by atoms with E-state index in [9.17, 15) is 14.3 Å². The highest BCUT2D eigenvalue weighted by molar-refractivity contribution is 5.97. The molecule has 7 heteroatoms. The molecule has 1 N–H and O–H groups in total. The van der Waals surface area contributed by atoms with E-state index in [4.69, 9.17) is 0 Å². The van der Waals surface area contributed by atoms with Gasteiger partial charge in [0.05, 0.1) is 17.0 Å². The Hall–Kier alpha value is -3.61. The first-order valence-electron chi connectivity index (χ1n) is 9.35. The van der Waals surface area contributed by atoms with Crippen LogP contribution in [0.4, 0.5) is 4.39 Å². The third-order valence-electron chi connectivity index (χ3n) is 5.45. The number of fused-ring (bicyclic) bond motifs is 3. The summed E-state index contributed by atoms with van der Waals surface area (Å²) in [6.07, 6.45) is 0.768. The number of para-hydroxylation sites is 1. The van der Waals surface area contributed by atoms with Gasteiger partial charge in [-0.2, -0.15) is 5.10 Å². The van der Waals surface area contributed by atoms with Crippen LogP contribution in [0.25, 0.3) is 16.8 Å². The van der Waals surface area contributed by atoms with Gasteiger partial charge in [0.1, 0.15) is 11.6 Å². The number of hydrogen-bond donors (Lipinski definition) is 1. The molecule has 144 valence electrons. The number of carbonyl (C=O) groups is 1. The molecule has 1 unspecified atom stereocenters. The number of phenols is 1. The van der Waals surface area contributed by atoms with E-state index in [1.165, 1.54) is 12.1 Å². The molecule has 0 radical (unpaired) electrons. The van der Waals surface area contributed by atoms with Crippen LogP contribution in [0.2, 0.25) is 0 Å². The van der Waals surface area contributed by atoms with E-state index in [2.05, 4.69) is 15.3 Å². The lowest BCUT2D eigenvalue weighted by Crippen LogP contribution is -2.24. The lowest BCUT2D eigenvalue weighted by Gasteiger charge is -2.23. The zero-order valence-electron chi connectivity index (χ0n) is 15.6. The number of hydrogen-bond acceptors (Lipinski definition) is 5. The normalized spacial score (nSPS) is 16.2. The summed E-state index contributed by atoms with van der Waals surface area (Å²) in [5.41, 5.74) is 4.52. The molecule has 6 nitrogen and oxygen atoms in total. The van der Waals surface area contributed by atoms with Crippen LogP contribution in [0.15, 0.2) is 48.5 Å². The molecule has 5 rings (SSSR count). The van der Waals surface area contributed by atoms with Crippen LogP contribution in [0.5, 0.6) is 5.75 Å². The van der Waals surface area contributed by atoms with Gasteiger partial charge in [-0.3, -0.25) is 4.79 Å². The van der Waals surface area contributed by atoms with Crippen LogP contribution in [0, 0.1) is 12.7 Å². The summed E-state index contributed by atoms with van der Waals surface area (Å²) in [7, 11) is 0. The number of Topliss-reactive ketones (excluding diaryl/α,β-unsaturated/α-hetero) is 1. The molecule has 29 heavy (non-hydrogen) atoms. The van der Waals surface area contributed by atoms with E-state index < -0.39 is 0 Å².